The number of hydrogen-bond donors (Lipinski definition) is 1. The third-order valence-corrected chi connectivity index (χ3v) is 2.99. The number of ether oxygens (including phenoxy) is 1. The minimum atomic E-state index is -0.694. The van der Waals surface area contributed by atoms with Crippen molar-refractivity contribution in [1.82, 2.24) is 0 Å². The molecule has 0 aliphatic heterocycles. The van der Waals surface area contributed by atoms with E-state index in [1.807, 2.05) is 31.2 Å². The van der Waals surface area contributed by atoms with Crippen LogP contribution in [-0.2, 0) is 13.0 Å². The molecule has 0 heterocycles. The van der Waals surface area contributed by atoms with Gasteiger partial charge in [-0.15, -0.1) is 0 Å². The Morgan fingerprint density at radius 1 is 1.00 bits per heavy atom. The van der Waals surface area contributed by atoms with Gasteiger partial charge in [0.05, 0.1) is 0 Å². The standard InChI is InChI=1S/C16H17F2NO/c1-11-2-4-12(5-3-11)10-20-16-14(17)8-13(6-7-19)9-15(16)18/h2-5,8-9H,6-7,10,19H2,1H3. The van der Waals surface area contributed by atoms with Crippen molar-refractivity contribution in [1.29, 1.82) is 0 Å². The average Bonchev–Trinajstić information content (AvgIpc) is 2.40. The zero-order chi connectivity index (χ0) is 14.5. The molecule has 0 aliphatic carbocycles. The van der Waals surface area contributed by atoms with Gasteiger partial charge in [-0.25, -0.2) is 8.78 Å². The topological polar surface area (TPSA) is 35.2 Å². The predicted octanol–water partition coefficient (Wildman–Crippen LogP) is 3.35. The number of hydrogen-bond acceptors (Lipinski definition) is 2. The van der Waals surface area contributed by atoms with Crippen molar-refractivity contribution in [2.75, 3.05) is 6.54 Å². The third-order valence-electron chi connectivity index (χ3n) is 2.99. The molecule has 0 fully saturated rings. The molecule has 20 heavy (non-hydrogen) atoms. The fourth-order valence-electron chi connectivity index (χ4n) is 1.90. The van der Waals surface area contributed by atoms with Gasteiger partial charge in [-0.05, 0) is 43.1 Å². The highest BCUT2D eigenvalue weighted by Gasteiger charge is 2.12. The summed E-state index contributed by atoms with van der Waals surface area (Å²) in [4.78, 5) is 0. The average molecular weight is 277 g/mol. The zero-order valence-corrected chi connectivity index (χ0v) is 11.3. The SMILES string of the molecule is Cc1ccc(COc2c(F)cc(CCN)cc2F)cc1. The fourth-order valence-corrected chi connectivity index (χ4v) is 1.90. The van der Waals surface area contributed by atoms with Gasteiger partial charge >= 0.3 is 0 Å². The summed E-state index contributed by atoms with van der Waals surface area (Å²) >= 11 is 0. The minimum Gasteiger partial charge on any atom is -0.483 e. The Morgan fingerprint density at radius 3 is 2.15 bits per heavy atom. The maximum Gasteiger partial charge on any atom is 0.191 e. The first-order valence-corrected chi connectivity index (χ1v) is 6.46. The Labute approximate surface area is 117 Å². The molecule has 106 valence electrons. The van der Waals surface area contributed by atoms with Gasteiger partial charge in [0.15, 0.2) is 17.4 Å². The highest BCUT2D eigenvalue weighted by atomic mass is 19.1. The Bertz CT molecular complexity index is 559. The van der Waals surface area contributed by atoms with Crippen LogP contribution in [0.15, 0.2) is 36.4 Å². The van der Waals surface area contributed by atoms with Crippen LogP contribution in [0.4, 0.5) is 8.78 Å². The van der Waals surface area contributed by atoms with Crippen LogP contribution >= 0.6 is 0 Å². The van der Waals surface area contributed by atoms with E-state index >= 15 is 0 Å². The van der Waals surface area contributed by atoms with Crippen molar-refractivity contribution in [2.24, 2.45) is 5.73 Å². The quantitative estimate of drug-likeness (QED) is 0.909. The van der Waals surface area contributed by atoms with Gasteiger partial charge in [-0.3, -0.25) is 0 Å². The molecule has 0 unspecified atom stereocenters. The van der Waals surface area contributed by atoms with Gasteiger partial charge in [0.1, 0.15) is 6.61 Å². The van der Waals surface area contributed by atoms with E-state index in [0.29, 0.717) is 18.5 Å². The van der Waals surface area contributed by atoms with Gasteiger partial charge in [0.2, 0.25) is 0 Å². The first-order chi connectivity index (χ1) is 9.60. The lowest BCUT2D eigenvalue weighted by Crippen LogP contribution is -2.05. The molecule has 2 aromatic rings. The summed E-state index contributed by atoms with van der Waals surface area (Å²) in [6.45, 7) is 2.45. The molecule has 0 aliphatic rings. The summed E-state index contributed by atoms with van der Waals surface area (Å²) in [7, 11) is 0. The lowest BCUT2D eigenvalue weighted by Gasteiger charge is -2.10. The Kier molecular flexibility index (Phi) is 4.69. The third kappa shape index (κ3) is 3.54. The summed E-state index contributed by atoms with van der Waals surface area (Å²) in [5, 5.41) is 0. The van der Waals surface area contributed by atoms with E-state index in [2.05, 4.69) is 0 Å². The summed E-state index contributed by atoms with van der Waals surface area (Å²) in [5.41, 5.74) is 7.89. The monoisotopic (exact) mass is 277 g/mol. The van der Waals surface area contributed by atoms with Crippen LogP contribution < -0.4 is 10.5 Å². The second kappa shape index (κ2) is 6.48. The van der Waals surface area contributed by atoms with E-state index in [1.165, 1.54) is 12.1 Å². The van der Waals surface area contributed by atoms with E-state index in [0.717, 1.165) is 11.1 Å². The largest absolute Gasteiger partial charge is 0.483 e. The van der Waals surface area contributed by atoms with Crippen molar-refractivity contribution in [2.45, 2.75) is 20.0 Å². The van der Waals surface area contributed by atoms with Crippen LogP contribution in [-0.4, -0.2) is 6.54 Å². The number of nitrogens with two attached hydrogens (primary N) is 1. The fraction of sp³-hybridized carbons (Fsp3) is 0.250. The Morgan fingerprint density at radius 2 is 1.60 bits per heavy atom. The Balaban J connectivity index is 2.11. The molecule has 0 bridgehead atoms. The minimum absolute atomic E-state index is 0.129. The second-order valence-electron chi connectivity index (χ2n) is 4.70. The molecule has 0 saturated carbocycles. The molecule has 2 aromatic carbocycles. The van der Waals surface area contributed by atoms with Crippen LogP contribution in [0.2, 0.25) is 0 Å². The van der Waals surface area contributed by atoms with E-state index in [9.17, 15) is 8.78 Å². The van der Waals surface area contributed by atoms with E-state index in [4.69, 9.17) is 10.5 Å². The lowest BCUT2D eigenvalue weighted by atomic mass is 10.1. The smallest absolute Gasteiger partial charge is 0.191 e. The Hall–Kier alpha value is -1.94. The maximum atomic E-state index is 13.8. The number of halogens is 2. The van der Waals surface area contributed by atoms with Crippen molar-refractivity contribution in [3.8, 4) is 5.75 Å². The molecule has 0 amide bonds. The van der Waals surface area contributed by atoms with Crippen LogP contribution in [0, 0.1) is 18.6 Å². The van der Waals surface area contributed by atoms with E-state index in [1.54, 1.807) is 0 Å². The van der Waals surface area contributed by atoms with Gasteiger partial charge in [-0.1, -0.05) is 29.8 Å². The highest BCUT2D eigenvalue weighted by molar-refractivity contribution is 5.32. The maximum absolute atomic E-state index is 13.8. The molecule has 0 spiro atoms. The molecule has 0 aromatic heterocycles. The zero-order valence-electron chi connectivity index (χ0n) is 11.3. The molecule has 0 saturated heterocycles. The molecular formula is C16H17F2NO. The van der Waals surface area contributed by atoms with Crippen LogP contribution in [0.1, 0.15) is 16.7 Å². The van der Waals surface area contributed by atoms with Gasteiger partial charge in [0, 0.05) is 0 Å². The molecule has 4 heteroatoms. The predicted molar refractivity (Wildman–Crippen MR) is 74.6 cm³/mol. The van der Waals surface area contributed by atoms with Gasteiger partial charge in [-0.2, -0.15) is 0 Å². The normalized spacial score (nSPS) is 10.6. The summed E-state index contributed by atoms with van der Waals surface area (Å²) in [6.07, 6.45) is 0.437. The summed E-state index contributed by atoms with van der Waals surface area (Å²) < 4.78 is 32.8. The van der Waals surface area contributed by atoms with Crippen molar-refractivity contribution < 1.29 is 13.5 Å². The van der Waals surface area contributed by atoms with E-state index < -0.39 is 11.6 Å². The van der Waals surface area contributed by atoms with Crippen molar-refractivity contribution >= 4 is 0 Å². The number of aryl methyl sites for hydroxylation is 1. The van der Waals surface area contributed by atoms with Crippen LogP contribution in [0.25, 0.3) is 0 Å². The van der Waals surface area contributed by atoms with Crippen LogP contribution in [0.3, 0.4) is 0 Å². The van der Waals surface area contributed by atoms with Crippen LogP contribution in [0.5, 0.6) is 5.75 Å². The first kappa shape index (κ1) is 14.5. The van der Waals surface area contributed by atoms with Gasteiger partial charge < -0.3 is 10.5 Å². The van der Waals surface area contributed by atoms with Gasteiger partial charge in [0.25, 0.3) is 0 Å². The number of rotatable bonds is 5. The number of benzene rings is 2. The summed E-state index contributed by atoms with van der Waals surface area (Å²) in [6, 6.07) is 10.1. The first-order valence-electron chi connectivity index (χ1n) is 6.46. The molecule has 2 N–H and O–H groups in total. The highest BCUT2D eigenvalue weighted by Crippen LogP contribution is 2.24. The molecule has 2 rings (SSSR count). The van der Waals surface area contributed by atoms with Crippen molar-refractivity contribution in [3.05, 3.63) is 64.7 Å². The lowest BCUT2D eigenvalue weighted by molar-refractivity contribution is 0.274. The molecule has 0 radical (unpaired) electrons. The second-order valence-corrected chi connectivity index (χ2v) is 4.70. The van der Waals surface area contributed by atoms with Crippen molar-refractivity contribution in [3.63, 3.8) is 0 Å². The van der Waals surface area contributed by atoms with E-state index in [-0.39, 0.29) is 12.4 Å². The molecule has 2 nitrogen and oxygen atoms in total. The summed E-state index contributed by atoms with van der Waals surface area (Å²) in [5.74, 6) is -1.73. The molecule has 0 atom stereocenters. The molecular weight excluding hydrogens is 260 g/mol.